The highest BCUT2D eigenvalue weighted by Crippen LogP contribution is 2.20. The van der Waals surface area contributed by atoms with E-state index >= 15 is 0 Å². The maximum absolute atomic E-state index is 12.3. The van der Waals surface area contributed by atoms with Gasteiger partial charge in [-0.05, 0) is 42.5 Å². The number of allylic oxidation sites excluding steroid dienone is 1. The van der Waals surface area contributed by atoms with Crippen LogP contribution in [0.1, 0.15) is 10.4 Å². The second-order valence-corrected chi connectivity index (χ2v) is 8.46. The molecule has 0 fully saturated rings. The van der Waals surface area contributed by atoms with Gasteiger partial charge in [0.25, 0.3) is 10.0 Å². The molecule has 0 aliphatic carbocycles. The van der Waals surface area contributed by atoms with Crippen molar-refractivity contribution in [1.29, 1.82) is 5.26 Å². The number of carboxylic acid groups (broad SMARTS) is 1. The van der Waals surface area contributed by atoms with Crippen molar-refractivity contribution >= 4 is 31.5 Å². The van der Waals surface area contributed by atoms with Crippen LogP contribution in [-0.2, 0) is 19.9 Å². The van der Waals surface area contributed by atoms with Crippen LogP contribution >= 0.6 is 0 Å². The van der Waals surface area contributed by atoms with Crippen molar-refractivity contribution in [3.8, 4) is 6.07 Å². The maximum Gasteiger partial charge on any atom is 0.335 e. The molecule has 0 saturated heterocycles. The van der Waals surface area contributed by atoms with E-state index in [0.717, 1.165) is 17.6 Å². The minimum Gasteiger partial charge on any atom is -0.478 e. The van der Waals surface area contributed by atoms with Crippen molar-refractivity contribution in [1.82, 2.24) is 0 Å². The zero-order chi connectivity index (χ0) is 19.4. The Morgan fingerprint density at radius 3 is 2.27 bits per heavy atom. The van der Waals surface area contributed by atoms with Crippen molar-refractivity contribution in [2.24, 2.45) is 0 Å². The van der Waals surface area contributed by atoms with E-state index in [2.05, 4.69) is 4.72 Å². The lowest BCUT2D eigenvalue weighted by Crippen LogP contribution is -2.13. The minimum absolute atomic E-state index is 0.0916. The van der Waals surface area contributed by atoms with E-state index in [1.54, 1.807) is 6.07 Å². The fourth-order valence-electron chi connectivity index (χ4n) is 1.92. The van der Waals surface area contributed by atoms with Gasteiger partial charge in [0.1, 0.15) is 0 Å². The molecular formula is C16H12N2O6S2. The summed E-state index contributed by atoms with van der Waals surface area (Å²) in [7, 11) is -7.85. The van der Waals surface area contributed by atoms with E-state index in [-0.39, 0.29) is 21.0 Å². The van der Waals surface area contributed by atoms with Crippen molar-refractivity contribution in [3.05, 3.63) is 65.6 Å². The molecule has 0 spiro atoms. The summed E-state index contributed by atoms with van der Waals surface area (Å²) in [5, 5.41) is 18.1. The molecule has 0 aliphatic rings. The molecule has 0 bridgehead atoms. The Bertz CT molecular complexity index is 1110. The highest BCUT2D eigenvalue weighted by atomic mass is 32.2. The van der Waals surface area contributed by atoms with E-state index in [0.29, 0.717) is 0 Å². The third-order valence-corrected chi connectivity index (χ3v) is 5.95. The first-order chi connectivity index (χ1) is 12.2. The van der Waals surface area contributed by atoms with Gasteiger partial charge in [-0.25, -0.2) is 21.6 Å². The van der Waals surface area contributed by atoms with Crippen LogP contribution in [0.5, 0.6) is 0 Å². The molecule has 0 unspecified atom stereocenters. The van der Waals surface area contributed by atoms with E-state index in [1.165, 1.54) is 42.5 Å². The largest absolute Gasteiger partial charge is 0.478 e. The van der Waals surface area contributed by atoms with Gasteiger partial charge in [0.2, 0.25) is 9.84 Å². The van der Waals surface area contributed by atoms with Gasteiger partial charge in [-0.1, -0.05) is 6.07 Å². The fourth-order valence-corrected chi connectivity index (χ4v) is 3.94. The average molecular weight is 392 g/mol. The monoisotopic (exact) mass is 392 g/mol. The van der Waals surface area contributed by atoms with Gasteiger partial charge >= 0.3 is 5.97 Å². The third kappa shape index (κ3) is 4.47. The summed E-state index contributed by atoms with van der Waals surface area (Å²) in [5.74, 6) is -1.26. The first kappa shape index (κ1) is 19.2. The molecular weight excluding hydrogens is 380 g/mol. The number of carboxylic acids is 1. The number of hydrogen-bond donors (Lipinski definition) is 2. The molecule has 134 valence electrons. The van der Waals surface area contributed by atoms with Gasteiger partial charge in [-0.15, -0.1) is 0 Å². The summed E-state index contributed by atoms with van der Waals surface area (Å²) in [4.78, 5) is 10.6. The third-order valence-electron chi connectivity index (χ3n) is 3.15. The molecule has 2 N–H and O–H groups in total. The number of carbonyl (C=O) groups is 1. The molecule has 2 aromatic rings. The van der Waals surface area contributed by atoms with Crippen molar-refractivity contribution in [2.45, 2.75) is 9.79 Å². The molecule has 8 nitrogen and oxygen atoms in total. The van der Waals surface area contributed by atoms with Gasteiger partial charge in [0.05, 0.1) is 21.4 Å². The highest BCUT2D eigenvalue weighted by Gasteiger charge is 2.17. The van der Waals surface area contributed by atoms with Crippen molar-refractivity contribution < 1.29 is 26.7 Å². The molecule has 10 heteroatoms. The van der Waals surface area contributed by atoms with E-state index in [1.807, 2.05) is 0 Å². The van der Waals surface area contributed by atoms with E-state index in [4.69, 9.17) is 10.4 Å². The SMILES string of the molecule is N#C/C=C/S(=O)(=O)c1ccc(NS(=O)(=O)c2cccc(C(=O)O)c2)cc1. The summed E-state index contributed by atoms with van der Waals surface area (Å²) in [6.07, 6.45) is 0.821. The Morgan fingerprint density at radius 1 is 1.04 bits per heavy atom. The number of sulfone groups is 1. The van der Waals surface area contributed by atoms with Gasteiger partial charge < -0.3 is 5.11 Å². The first-order valence-corrected chi connectivity index (χ1v) is 9.96. The van der Waals surface area contributed by atoms with Gasteiger partial charge in [-0.2, -0.15) is 5.26 Å². The second kappa shape index (κ2) is 7.38. The molecule has 0 saturated carbocycles. The summed E-state index contributed by atoms with van der Waals surface area (Å²) < 4.78 is 50.7. The summed E-state index contributed by atoms with van der Waals surface area (Å²) >= 11 is 0. The van der Waals surface area contributed by atoms with Crippen LogP contribution in [0.15, 0.2) is 69.8 Å². The van der Waals surface area contributed by atoms with Crippen LogP contribution in [0.25, 0.3) is 0 Å². The van der Waals surface area contributed by atoms with Gasteiger partial charge in [0, 0.05) is 17.2 Å². The maximum atomic E-state index is 12.3. The predicted molar refractivity (Wildman–Crippen MR) is 92.6 cm³/mol. The molecule has 0 aliphatic heterocycles. The van der Waals surface area contributed by atoms with Crippen LogP contribution in [0.2, 0.25) is 0 Å². The lowest BCUT2D eigenvalue weighted by Gasteiger charge is -2.09. The first-order valence-electron chi connectivity index (χ1n) is 6.93. The average Bonchev–Trinajstić information content (AvgIpc) is 2.60. The van der Waals surface area contributed by atoms with Crippen LogP contribution in [0, 0.1) is 11.3 Å². The van der Waals surface area contributed by atoms with E-state index in [9.17, 15) is 21.6 Å². The Hall–Kier alpha value is -3.16. The number of benzene rings is 2. The Morgan fingerprint density at radius 2 is 1.69 bits per heavy atom. The molecule has 0 radical (unpaired) electrons. The standard InChI is InChI=1S/C16H12N2O6S2/c17-9-2-10-25(21,22)14-7-5-13(6-8-14)18-26(23,24)15-4-1-3-12(11-15)16(19)20/h1-8,10-11,18H,(H,19,20)/b10-2+. The summed E-state index contributed by atoms with van der Waals surface area (Å²) in [6, 6.07) is 11.2. The highest BCUT2D eigenvalue weighted by molar-refractivity contribution is 7.94. The van der Waals surface area contributed by atoms with Crippen LogP contribution in [0.4, 0.5) is 5.69 Å². The zero-order valence-electron chi connectivity index (χ0n) is 13.0. The summed E-state index contributed by atoms with van der Waals surface area (Å²) in [5.41, 5.74) is -0.0902. The molecule has 0 atom stereocenters. The van der Waals surface area contributed by atoms with Crippen molar-refractivity contribution in [3.63, 3.8) is 0 Å². The lowest BCUT2D eigenvalue weighted by atomic mass is 10.2. The Balaban J connectivity index is 2.29. The van der Waals surface area contributed by atoms with Crippen LogP contribution in [0.3, 0.4) is 0 Å². The number of nitrogens with zero attached hydrogens (tertiary/aromatic N) is 1. The molecule has 2 rings (SSSR count). The normalized spacial score (nSPS) is 11.8. The zero-order valence-corrected chi connectivity index (χ0v) is 14.7. The fraction of sp³-hybridized carbons (Fsp3) is 0. The molecule has 0 aromatic heterocycles. The van der Waals surface area contributed by atoms with Gasteiger partial charge in [0.15, 0.2) is 0 Å². The molecule has 0 amide bonds. The molecule has 26 heavy (non-hydrogen) atoms. The Labute approximate surface area is 150 Å². The number of sulfonamides is 1. The quantitative estimate of drug-likeness (QED) is 0.716. The van der Waals surface area contributed by atoms with Crippen LogP contribution < -0.4 is 4.72 Å². The number of nitrogens with one attached hydrogen (secondary N) is 1. The second-order valence-electron chi connectivity index (χ2n) is 4.94. The summed E-state index contributed by atoms with van der Waals surface area (Å²) in [6.45, 7) is 0. The minimum atomic E-state index is -4.05. The van der Waals surface area contributed by atoms with Crippen LogP contribution in [-0.4, -0.2) is 27.9 Å². The van der Waals surface area contributed by atoms with E-state index < -0.39 is 25.8 Å². The molecule has 0 heterocycles. The topological polar surface area (TPSA) is 141 Å². The number of hydrogen-bond acceptors (Lipinski definition) is 6. The lowest BCUT2D eigenvalue weighted by molar-refractivity contribution is 0.0696. The number of aromatic carboxylic acids is 1. The smallest absolute Gasteiger partial charge is 0.335 e. The Kier molecular flexibility index (Phi) is 5.44. The van der Waals surface area contributed by atoms with Crippen molar-refractivity contribution in [2.75, 3.05) is 4.72 Å². The number of rotatable bonds is 6. The number of nitriles is 1. The predicted octanol–water partition coefficient (Wildman–Crippen LogP) is 2.00. The molecule has 2 aromatic carbocycles. The number of anilines is 1. The van der Waals surface area contributed by atoms with Gasteiger partial charge in [-0.3, -0.25) is 4.72 Å².